The first-order valence-corrected chi connectivity index (χ1v) is 14.1. The minimum absolute atomic E-state index is 0.0499. The molecule has 2 aromatic heterocycles. The molecule has 4 rings (SSSR count). The van der Waals surface area contributed by atoms with Crippen LogP contribution in [0.5, 0.6) is 0 Å². The van der Waals surface area contributed by atoms with E-state index in [-0.39, 0.29) is 36.5 Å². The van der Waals surface area contributed by atoms with Gasteiger partial charge in [0.05, 0.1) is 36.7 Å². The molecule has 0 spiro atoms. The third-order valence-electron chi connectivity index (χ3n) is 7.08. The number of esters is 1. The summed E-state index contributed by atoms with van der Waals surface area (Å²) >= 11 is 0. The number of carbonyl (C=O) groups excluding carboxylic acids is 2. The average molecular weight is 600 g/mol. The highest BCUT2D eigenvalue weighted by atomic mass is 19.4. The number of methoxy groups -OCH3 is 1. The van der Waals surface area contributed by atoms with Crippen molar-refractivity contribution in [2.75, 3.05) is 25.5 Å². The lowest BCUT2D eigenvalue weighted by Crippen LogP contribution is -2.41. The molecule has 1 aliphatic rings. The second-order valence-electron chi connectivity index (χ2n) is 11.5. The van der Waals surface area contributed by atoms with Crippen LogP contribution in [0, 0.1) is 0 Å². The Bertz CT molecular complexity index is 1390. The third kappa shape index (κ3) is 8.89. The first-order valence-electron chi connectivity index (χ1n) is 14.1. The number of nitrogens with zero attached hydrogens (tertiary/aromatic N) is 4. The van der Waals surface area contributed by atoms with Crippen molar-refractivity contribution in [3.8, 4) is 0 Å². The van der Waals surface area contributed by atoms with E-state index in [1.807, 2.05) is 26.8 Å². The molecule has 1 aliphatic heterocycles. The number of amides is 1. The van der Waals surface area contributed by atoms with Gasteiger partial charge >= 0.3 is 18.2 Å². The highest BCUT2D eigenvalue weighted by Gasteiger charge is 2.38. The molecule has 1 atom stereocenters. The van der Waals surface area contributed by atoms with Crippen molar-refractivity contribution >= 4 is 23.7 Å². The molecule has 9 nitrogen and oxygen atoms in total. The molecule has 0 saturated carbocycles. The zero-order valence-corrected chi connectivity index (χ0v) is 24.6. The van der Waals surface area contributed by atoms with Crippen molar-refractivity contribution in [3.05, 3.63) is 77.4 Å². The number of halogens is 3. The Kier molecular flexibility index (Phi) is 9.87. The molecule has 3 aromatic rings. The van der Waals surface area contributed by atoms with Crippen molar-refractivity contribution in [2.24, 2.45) is 0 Å². The lowest BCUT2D eigenvalue weighted by molar-refractivity contribution is -0.143. The molecule has 3 heterocycles. The minimum Gasteiger partial charge on any atom is -0.469 e. The van der Waals surface area contributed by atoms with Crippen LogP contribution in [0.2, 0.25) is 0 Å². The van der Waals surface area contributed by atoms with Crippen molar-refractivity contribution in [1.82, 2.24) is 19.9 Å². The van der Waals surface area contributed by atoms with Crippen LogP contribution in [0.15, 0.2) is 54.9 Å². The highest BCUT2D eigenvalue weighted by Crippen LogP contribution is 2.37. The van der Waals surface area contributed by atoms with Gasteiger partial charge in [-0.3, -0.25) is 9.78 Å². The number of pyridine rings is 1. The smallest absolute Gasteiger partial charge is 0.419 e. The summed E-state index contributed by atoms with van der Waals surface area (Å²) in [7, 11) is 1.19. The molecular formula is C31H36F3N5O4. The summed E-state index contributed by atoms with van der Waals surface area (Å²) in [6.07, 6.45) is -1.41. The number of likely N-dealkylation sites (tertiary alicyclic amines) is 1. The summed E-state index contributed by atoms with van der Waals surface area (Å²) in [5.74, 6) is -1.44. The Balaban J connectivity index is 1.50. The van der Waals surface area contributed by atoms with E-state index in [2.05, 4.69) is 20.3 Å². The SMILES string of the molecule is COC(=O)CC(Cc1ccccc1)c1nc(Nc2ccc(C3CCN(C(=O)OC(C)(C)C)CC3)nc2)ncc1C(F)(F)F. The standard InChI is InChI=1S/C31H36F3N5O4/c1-30(2,3)43-29(41)39-14-12-21(13-15-39)25-11-10-23(18-35-25)37-28-36-19-24(31(32,33)34)27(38-28)22(17-26(40)42-4)16-20-8-6-5-7-9-20/h5-11,18-19,21-22H,12-17H2,1-4H3,(H,36,37,38). The topological polar surface area (TPSA) is 107 Å². The minimum atomic E-state index is -4.72. The van der Waals surface area contributed by atoms with Gasteiger partial charge in [-0.05, 0) is 57.7 Å². The molecule has 0 radical (unpaired) electrons. The monoisotopic (exact) mass is 599 g/mol. The number of benzene rings is 1. The number of alkyl halides is 3. The number of hydrogen-bond donors (Lipinski definition) is 1. The van der Waals surface area contributed by atoms with Gasteiger partial charge in [-0.15, -0.1) is 0 Å². The van der Waals surface area contributed by atoms with E-state index in [0.717, 1.165) is 30.3 Å². The van der Waals surface area contributed by atoms with Crippen LogP contribution in [0.3, 0.4) is 0 Å². The summed E-state index contributed by atoms with van der Waals surface area (Å²) in [4.78, 5) is 39.0. The van der Waals surface area contributed by atoms with Crippen LogP contribution in [-0.2, 0) is 26.9 Å². The number of piperidine rings is 1. The lowest BCUT2D eigenvalue weighted by Gasteiger charge is -2.33. The Hall–Kier alpha value is -4.22. The Labute approximate surface area is 248 Å². The second-order valence-corrected chi connectivity index (χ2v) is 11.5. The number of aromatic nitrogens is 3. The predicted octanol–water partition coefficient (Wildman–Crippen LogP) is 6.64. The van der Waals surface area contributed by atoms with Gasteiger partial charge in [-0.25, -0.2) is 14.8 Å². The fourth-order valence-electron chi connectivity index (χ4n) is 4.97. The third-order valence-corrected chi connectivity index (χ3v) is 7.08. The number of ether oxygens (including phenoxy) is 2. The first kappa shape index (κ1) is 31.7. The molecule has 1 unspecified atom stereocenters. The zero-order chi connectivity index (χ0) is 31.2. The van der Waals surface area contributed by atoms with Gasteiger partial charge in [0.1, 0.15) is 5.60 Å². The molecule has 1 N–H and O–H groups in total. The highest BCUT2D eigenvalue weighted by molar-refractivity contribution is 5.70. The summed E-state index contributed by atoms with van der Waals surface area (Å²) in [5.41, 5.74) is 0.252. The molecule has 12 heteroatoms. The van der Waals surface area contributed by atoms with Gasteiger partial charge in [0.25, 0.3) is 0 Å². The van der Waals surface area contributed by atoms with Crippen LogP contribution in [-0.4, -0.2) is 57.7 Å². The zero-order valence-electron chi connectivity index (χ0n) is 24.6. The summed E-state index contributed by atoms with van der Waals surface area (Å²) in [6.45, 7) is 6.61. The number of carbonyl (C=O) groups is 2. The van der Waals surface area contributed by atoms with Crippen molar-refractivity contribution in [3.63, 3.8) is 0 Å². The van der Waals surface area contributed by atoms with Crippen molar-refractivity contribution in [1.29, 1.82) is 0 Å². The molecule has 1 amide bonds. The Morgan fingerprint density at radius 1 is 1.02 bits per heavy atom. The first-order chi connectivity index (χ1) is 20.3. The fraction of sp³-hybridized carbons (Fsp3) is 0.452. The van der Waals surface area contributed by atoms with Crippen LogP contribution in [0.1, 0.15) is 74.4 Å². The summed E-state index contributed by atoms with van der Waals surface area (Å²) < 4.78 is 52.3. The van der Waals surface area contributed by atoms with Crippen LogP contribution in [0.25, 0.3) is 0 Å². The molecule has 0 bridgehead atoms. The molecule has 43 heavy (non-hydrogen) atoms. The van der Waals surface area contributed by atoms with Gasteiger partial charge in [0, 0.05) is 36.8 Å². The molecular weight excluding hydrogens is 563 g/mol. The normalized spacial score (nSPS) is 15.1. The van der Waals surface area contributed by atoms with Gasteiger partial charge in [-0.1, -0.05) is 30.3 Å². The van der Waals surface area contributed by atoms with E-state index in [1.54, 1.807) is 47.5 Å². The fourth-order valence-corrected chi connectivity index (χ4v) is 4.97. The van der Waals surface area contributed by atoms with E-state index in [4.69, 9.17) is 9.47 Å². The molecule has 1 fully saturated rings. The van der Waals surface area contributed by atoms with Gasteiger partial charge in [0.15, 0.2) is 0 Å². The van der Waals surface area contributed by atoms with E-state index in [9.17, 15) is 22.8 Å². The Morgan fingerprint density at radius 2 is 1.72 bits per heavy atom. The van der Waals surface area contributed by atoms with Gasteiger partial charge < -0.3 is 19.7 Å². The van der Waals surface area contributed by atoms with E-state index in [0.29, 0.717) is 18.8 Å². The van der Waals surface area contributed by atoms with Crippen LogP contribution in [0.4, 0.5) is 29.6 Å². The van der Waals surface area contributed by atoms with Crippen LogP contribution >= 0.6 is 0 Å². The van der Waals surface area contributed by atoms with Gasteiger partial charge in [-0.2, -0.15) is 13.2 Å². The predicted molar refractivity (Wildman–Crippen MR) is 154 cm³/mol. The van der Waals surface area contributed by atoms with E-state index < -0.39 is 29.2 Å². The van der Waals surface area contributed by atoms with Crippen molar-refractivity contribution in [2.45, 2.75) is 70.1 Å². The molecule has 230 valence electrons. The maximum absolute atomic E-state index is 14.0. The average Bonchev–Trinajstić information content (AvgIpc) is 2.96. The van der Waals surface area contributed by atoms with Crippen LogP contribution < -0.4 is 5.32 Å². The molecule has 1 aromatic carbocycles. The Morgan fingerprint density at radius 3 is 2.30 bits per heavy atom. The number of anilines is 2. The number of nitrogens with one attached hydrogen (secondary N) is 1. The van der Waals surface area contributed by atoms with Gasteiger partial charge in [0.2, 0.25) is 5.95 Å². The lowest BCUT2D eigenvalue weighted by atomic mass is 9.90. The number of rotatable bonds is 8. The maximum Gasteiger partial charge on any atom is 0.419 e. The quantitative estimate of drug-likeness (QED) is 0.287. The molecule has 0 aliphatic carbocycles. The van der Waals surface area contributed by atoms with E-state index in [1.165, 1.54) is 7.11 Å². The molecule has 1 saturated heterocycles. The second kappa shape index (κ2) is 13.4. The largest absolute Gasteiger partial charge is 0.469 e. The van der Waals surface area contributed by atoms with Crippen molar-refractivity contribution < 1.29 is 32.2 Å². The number of hydrogen-bond acceptors (Lipinski definition) is 8. The summed E-state index contributed by atoms with van der Waals surface area (Å²) in [5, 5.41) is 2.95. The maximum atomic E-state index is 14.0. The van der Waals surface area contributed by atoms with E-state index >= 15 is 0 Å². The summed E-state index contributed by atoms with van der Waals surface area (Å²) in [6, 6.07) is 12.5.